The van der Waals surface area contributed by atoms with E-state index in [-0.39, 0.29) is 31.4 Å². The molecule has 0 radical (unpaired) electrons. The van der Waals surface area contributed by atoms with Gasteiger partial charge in [0.2, 0.25) is 0 Å². The Kier molecular flexibility index (Phi) is 7.81. The highest BCUT2D eigenvalue weighted by molar-refractivity contribution is 8.00. The van der Waals surface area contributed by atoms with Gasteiger partial charge in [0.1, 0.15) is 0 Å². The minimum Gasteiger partial charge on any atom is -0.465 e. The van der Waals surface area contributed by atoms with Crippen molar-refractivity contribution in [1.29, 1.82) is 0 Å². The predicted molar refractivity (Wildman–Crippen MR) is 59.9 cm³/mol. The molecule has 0 N–H and O–H groups in total. The van der Waals surface area contributed by atoms with Crippen molar-refractivity contribution in [1.82, 2.24) is 0 Å². The molecule has 0 saturated heterocycles. The third-order valence-electron chi connectivity index (χ3n) is 1.81. The molecule has 0 aliphatic rings. The van der Waals surface area contributed by atoms with Crippen molar-refractivity contribution in [2.45, 2.75) is 25.8 Å². The molecular formula is C10H15F3O4S. The Hall–Kier alpha value is -0.920. The van der Waals surface area contributed by atoms with Crippen molar-refractivity contribution in [2.24, 2.45) is 5.92 Å². The maximum atomic E-state index is 11.9. The average molecular weight is 288 g/mol. The van der Waals surface area contributed by atoms with E-state index in [0.717, 1.165) is 0 Å². The van der Waals surface area contributed by atoms with Crippen LogP contribution in [0.1, 0.15) is 20.3 Å². The van der Waals surface area contributed by atoms with Crippen LogP contribution in [0.15, 0.2) is 0 Å². The van der Waals surface area contributed by atoms with Gasteiger partial charge in [0.15, 0.2) is 5.92 Å². The van der Waals surface area contributed by atoms with Crippen molar-refractivity contribution in [3.8, 4) is 0 Å². The van der Waals surface area contributed by atoms with Crippen LogP contribution in [-0.4, -0.2) is 36.4 Å². The lowest BCUT2D eigenvalue weighted by molar-refractivity contribution is -0.161. The average Bonchev–Trinajstić information content (AvgIpc) is 2.23. The van der Waals surface area contributed by atoms with Crippen molar-refractivity contribution in [3.05, 3.63) is 0 Å². The molecule has 4 nitrogen and oxygen atoms in total. The zero-order valence-corrected chi connectivity index (χ0v) is 10.9. The first-order valence-corrected chi connectivity index (χ1v) is 6.34. The summed E-state index contributed by atoms with van der Waals surface area (Å²) in [5.41, 5.74) is -4.38. The number of thioether (sulfide) groups is 1. The van der Waals surface area contributed by atoms with Crippen molar-refractivity contribution in [3.63, 3.8) is 0 Å². The standard InChI is InChI=1S/C10H15F3O4S/c1-3-16-8(14)7(9(15)17-4-2)5-6-18-10(11,12)13/h7H,3-6H2,1-2H3. The number of hydrogen-bond acceptors (Lipinski definition) is 5. The largest absolute Gasteiger partial charge is 0.465 e. The molecule has 0 aromatic rings. The molecule has 0 saturated carbocycles. The molecule has 0 aliphatic heterocycles. The summed E-state index contributed by atoms with van der Waals surface area (Å²) in [7, 11) is 0. The van der Waals surface area contributed by atoms with Gasteiger partial charge in [-0.15, -0.1) is 0 Å². The number of alkyl halides is 3. The second kappa shape index (κ2) is 8.23. The van der Waals surface area contributed by atoms with E-state index in [0.29, 0.717) is 0 Å². The fraction of sp³-hybridized carbons (Fsp3) is 0.800. The summed E-state index contributed by atoms with van der Waals surface area (Å²) in [6.07, 6.45) is -0.262. The van der Waals surface area contributed by atoms with Crippen LogP contribution in [-0.2, 0) is 19.1 Å². The molecule has 0 bridgehead atoms. The lowest BCUT2D eigenvalue weighted by Gasteiger charge is -2.14. The van der Waals surface area contributed by atoms with Gasteiger partial charge in [-0.1, -0.05) is 11.8 Å². The van der Waals surface area contributed by atoms with Crippen molar-refractivity contribution in [2.75, 3.05) is 19.0 Å². The van der Waals surface area contributed by atoms with E-state index < -0.39 is 29.1 Å². The van der Waals surface area contributed by atoms with Gasteiger partial charge < -0.3 is 9.47 Å². The highest BCUT2D eigenvalue weighted by Crippen LogP contribution is 2.31. The first kappa shape index (κ1) is 17.1. The van der Waals surface area contributed by atoms with Crippen molar-refractivity contribution >= 4 is 23.7 Å². The molecule has 0 atom stereocenters. The maximum absolute atomic E-state index is 11.9. The van der Waals surface area contributed by atoms with E-state index >= 15 is 0 Å². The maximum Gasteiger partial charge on any atom is 0.441 e. The van der Waals surface area contributed by atoms with Crippen LogP contribution in [0.5, 0.6) is 0 Å². The fourth-order valence-electron chi connectivity index (χ4n) is 1.11. The number of hydrogen-bond donors (Lipinski definition) is 0. The second-order valence-electron chi connectivity index (χ2n) is 3.14. The predicted octanol–water partition coefficient (Wildman–Crippen LogP) is 2.37. The Morgan fingerprint density at radius 2 is 1.56 bits per heavy atom. The third-order valence-corrected chi connectivity index (χ3v) is 2.58. The summed E-state index contributed by atoms with van der Waals surface area (Å²) < 4.78 is 45.1. The molecule has 0 unspecified atom stereocenters. The fourth-order valence-corrected chi connectivity index (χ4v) is 1.70. The third kappa shape index (κ3) is 7.41. The number of esters is 2. The molecule has 0 aliphatic carbocycles. The van der Waals surface area contributed by atoms with Gasteiger partial charge in [-0.05, 0) is 20.3 Å². The normalized spacial score (nSPS) is 11.4. The summed E-state index contributed by atoms with van der Waals surface area (Å²) >= 11 is -0.283. The van der Waals surface area contributed by atoms with E-state index in [2.05, 4.69) is 9.47 Å². The lowest BCUT2D eigenvalue weighted by atomic mass is 10.1. The highest BCUT2D eigenvalue weighted by atomic mass is 32.2. The van der Waals surface area contributed by atoms with Crippen LogP contribution in [0.4, 0.5) is 13.2 Å². The summed E-state index contributed by atoms with van der Waals surface area (Å²) in [6.45, 7) is 3.21. The van der Waals surface area contributed by atoms with Crippen LogP contribution in [0.2, 0.25) is 0 Å². The first-order chi connectivity index (χ1) is 8.31. The Morgan fingerprint density at radius 3 is 1.89 bits per heavy atom. The number of carbonyl (C=O) groups excluding carboxylic acids is 2. The van der Waals surface area contributed by atoms with Gasteiger partial charge >= 0.3 is 17.4 Å². The van der Waals surface area contributed by atoms with E-state index in [1.165, 1.54) is 0 Å². The summed E-state index contributed by atoms with van der Waals surface area (Å²) in [6, 6.07) is 0. The molecule has 0 heterocycles. The molecule has 8 heteroatoms. The number of halogens is 3. The lowest BCUT2D eigenvalue weighted by Crippen LogP contribution is -2.29. The quantitative estimate of drug-likeness (QED) is 0.532. The molecule has 0 rings (SSSR count). The minimum atomic E-state index is -4.38. The van der Waals surface area contributed by atoms with Crippen LogP contribution < -0.4 is 0 Å². The van der Waals surface area contributed by atoms with Crippen LogP contribution in [0.3, 0.4) is 0 Å². The Balaban J connectivity index is 4.38. The topological polar surface area (TPSA) is 52.6 Å². The van der Waals surface area contributed by atoms with Crippen LogP contribution in [0, 0.1) is 5.92 Å². The van der Waals surface area contributed by atoms with E-state index in [1.54, 1.807) is 13.8 Å². The van der Waals surface area contributed by atoms with Gasteiger partial charge in [-0.3, -0.25) is 9.59 Å². The molecule has 0 fully saturated rings. The van der Waals surface area contributed by atoms with Gasteiger partial charge in [-0.2, -0.15) is 13.2 Å². The van der Waals surface area contributed by atoms with Gasteiger partial charge in [0.25, 0.3) is 0 Å². The Morgan fingerprint density at radius 1 is 1.11 bits per heavy atom. The smallest absolute Gasteiger partial charge is 0.441 e. The van der Waals surface area contributed by atoms with Gasteiger partial charge in [0.05, 0.1) is 13.2 Å². The summed E-state index contributed by atoms with van der Waals surface area (Å²) in [5, 5.41) is 0. The molecule has 106 valence electrons. The van der Waals surface area contributed by atoms with E-state index in [4.69, 9.17) is 0 Å². The Bertz CT molecular complexity index is 263. The molecule has 18 heavy (non-hydrogen) atoms. The SMILES string of the molecule is CCOC(=O)C(CCSC(F)(F)F)C(=O)OCC. The zero-order valence-electron chi connectivity index (χ0n) is 10.1. The molecule has 0 aromatic carbocycles. The summed E-state index contributed by atoms with van der Waals surface area (Å²) in [4.78, 5) is 22.8. The molecule has 0 aromatic heterocycles. The second-order valence-corrected chi connectivity index (χ2v) is 4.30. The number of rotatable bonds is 7. The zero-order chi connectivity index (χ0) is 14.2. The van der Waals surface area contributed by atoms with Crippen LogP contribution in [0.25, 0.3) is 0 Å². The monoisotopic (exact) mass is 288 g/mol. The summed E-state index contributed by atoms with van der Waals surface area (Å²) in [5.74, 6) is -3.39. The van der Waals surface area contributed by atoms with E-state index in [9.17, 15) is 22.8 Å². The molecule has 0 spiro atoms. The first-order valence-electron chi connectivity index (χ1n) is 5.35. The van der Waals surface area contributed by atoms with Gasteiger partial charge in [-0.25, -0.2) is 0 Å². The molecule has 0 amide bonds. The molecular weight excluding hydrogens is 273 g/mol. The van der Waals surface area contributed by atoms with Crippen LogP contribution >= 0.6 is 11.8 Å². The van der Waals surface area contributed by atoms with Gasteiger partial charge in [0, 0.05) is 5.75 Å². The number of ether oxygens (including phenoxy) is 2. The minimum absolute atomic E-state index is 0.0567. The van der Waals surface area contributed by atoms with E-state index in [1.807, 2.05) is 0 Å². The Labute approximate surface area is 107 Å². The number of carbonyl (C=O) groups is 2. The van der Waals surface area contributed by atoms with Crippen molar-refractivity contribution < 1.29 is 32.2 Å². The highest BCUT2D eigenvalue weighted by Gasteiger charge is 2.33.